The van der Waals surface area contributed by atoms with Crippen molar-refractivity contribution < 1.29 is 9.53 Å². The van der Waals surface area contributed by atoms with E-state index >= 15 is 0 Å². The van der Waals surface area contributed by atoms with Crippen molar-refractivity contribution in [3.05, 3.63) is 98.3 Å². The summed E-state index contributed by atoms with van der Waals surface area (Å²) in [7, 11) is 0. The Balaban J connectivity index is 1.53. The maximum atomic E-state index is 12.7. The lowest BCUT2D eigenvalue weighted by molar-refractivity contribution is 0.0467. The zero-order valence-electron chi connectivity index (χ0n) is 16.5. The molecule has 0 saturated carbocycles. The molecule has 0 amide bonds. The molecule has 0 unspecified atom stereocenters. The molecule has 0 spiro atoms. The Labute approximate surface area is 177 Å². The van der Waals surface area contributed by atoms with E-state index in [4.69, 9.17) is 16.3 Å². The zero-order valence-corrected chi connectivity index (χ0v) is 17.3. The van der Waals surface area contributed by atoms with Crippen LogP contribution in [0.4, 0.5) is 0 Å². The van der Waals surface area contributed by atoms with Crippen LogP contribution in [0.2, 0.25) is 5.15 Å². The van der Waals surface area contributed by atoms with E-state index in [1.165, 1.54) is 10.5 Å². The van der Waals surface area contributed by atoms with E-state index in [0.29, 0.717) is 23.6 Å². The van der Waals surface area contributed by atoms with Gasteiger partial charge >= 0.3 is 5.97 Å². The van der Waals surface area contributed by atoms with Crippen molar-refractivity contribution in [2.75, 3.05) is 0 Å². The number of hydrogen-bond donors (Lipinski definition) is 0. The molecule has 7 nitrogen and oxygen atoms in total. The summed E-state index contributed by atoms with van der Waals surface area (Å²) in [6.07, 6.45) is 0. The van der Waals surface area contributed by atoms with Gasteiger partial charge in [-0.25, -0.2) is 14.5 Å². The molecule has 0 radical (unpaired) electrons. The van der Waals surface area contributed by atoms with Crippen LogP contribution in [-0.2, 0) is 17.9 Å². The fourth-order valence-corrected chi connectivity index (χ4v) is 3.61. The Morgan fingerprint density at radius 2 is 1.87 bits per heavy atom. The zero-order chi connectivity index (χ0) is 21.3. The van der Waals surface area contributed by atoms with Crippen LogP contribution in [0, 0.1) is 13.8 Å². The second kappa shape index (κ2) is 8.12. The van der Waals surface area contributed by atoms with Crippen molar-refractivity contribution >= 4 is 23.2 Å². The van der Waals surface area contributed by atoms with E-state index in [1.54, 1.807) is 17.7 Å². The normalized spacial score (nSPS) is 11.0. The number of fused-ring (bicyclic) bond motifs is 1. The summed E-state index contributed by atoms with van der Waals surface area (Å²) in [4.78, 5) is 29.4. The maximum Gasteiger partial charge on any atom is 0.343 e. The van der Waals surface area contributed by atoms with Crippen LogP contribution >= 0.6 is 11.6 Å². The van der Waals surface area contributed by atoms with Gasteiger partial charge in [-0.3, -0.25) is 9.20 Å². The SMILES string of the molecule is Cc1nn(Cc2ccccc2)c(Cl)c1C(=O)OCc1cc(=O)n2c(C)cccc2n1. The van der Waals surface area contributed by atoms with E-state index in [2.05, 4.69) is 10.1 Å². The van der Waals surface area contributed by atoms with Gasteiger partial charge in [0.05, 0.1) is 17.9 Å². The highest BCUT2D eigenvalue weighted by Gasteiger charge is 2.22. The third-order valence-corrected chi connectivity index (χ3v) is 5.11. The Bertz CT molecular complexity index is 1300. The van der Waals surface area contributed by atoms with Crippen LogP contribution in [0.15, 0.2) is 59.4 Å². The molecule has 3 aromatic heterocycles. The number of carbonyl (C=O) groups is 1. The predicted octanol–water partition coefficient (Wildman–Crippen LogP) is 3.57. The number of aromatic nitrogens is 4. The maximum absolute atomic E-state index is 12.7. The molecule has 1 aromatic carbocycles. The van der Waals surface area contributed by atoms with Crippen molar-refractivity contribution in [3.8, 4) is 0 Å². The van der Waals surface area contributed by atoms with Gasteiger partial charge in [0.1, 0.15) is 23.0 Å². The van der Waals surface area contributed by atoms with Crippen molar-refractivity contribution in [1.82, 2.24) is 19.2 Å². The van der Waals surface area contributed by atoms with Crippen LogP contribution in [0.1, 0.15) is 33.0 Å². The molecule has 0 aliphatic rings. The van der Waals surface area contributed by atoms with Crippen molar-refractivity contribution in [1.29, 1.82) is 0 Å². The number of hydrogen-bond acceptors (Lipinski definition) is 5. The summed E-state index contributed by atoms with van der Waals surface area (Å²) in [6, 6.07) is 16.4. The number of rotatable bonds is 5. The Kier molecular flexibility index (Phi) is 5.37. The molecule has 3 heterocycles. The summed E-state index contributed by atoms with van der Waals surface area (Å²) in [6.45, 7) is 3.83. The quantitative estimate of drug-likeness (QED) is 0.459. The highest BCUT2D eigenvalue weighted by molar-refractivity contribution is 6.32. The van der Waals surface area contributed by atoms with E-state index < -0.39 is 5.97 Å². The monoisotopic (exact) mass is 422 g/mol. The topological polar surface area (TPSA) is 78.5 Å². The third-order valence-electron chi connectivity index (χ3n) is 4.73. The fourth-order valence-electron chi connectivity index (χ4n) is 3.30. The largest absolute Gasteiger partial charge is 0.455 e. The first kappa shape index (κ1) is 19.8. The molecule has 0 bridgehead atoms. The number of ether oxygens (including phenoxy) is 1. The molecule has 0 aliphatic carbocycles. The van der Waals surface area contributed by atoms with Crippen LogP contribution < -0.4 is 5.56 Å². The minimum atomic E-state index is -0.608. The lowest BCUT2D eigenvalue weighted by Crippen LogP contribution is -2.18. The summed E-state index contributed by atoms with van der Waals surface area (Å²) >= 11 is 6.41. The van der Waals surface area contributed by atoms with Gasteiger partial charge in [-0.2, -0.15) is 5.10 Å². The smallest absolute Gasteiger partial charge is 0.343 e. The van der Waals surface area contributed by atoms with E-state index in [9.17, 15) is 9.59 Å². The fraction of sp³-hybridized carbons (Fsp3) is 0.182. The molecule has 0 atom stereocenters. The first-order valence-electron chi connectivity index (χ1n) is 9.36. The van der Waals surface area contributed by atoms with E-state index in [-0.39, 0.29) is 22.9 Å². The second-order valence-corrected chi connectivity index (χ2v) is 7.28. The van der Waals surface area contributed by atoms with Gasteiger partial charge in [0.25, 0.3) is 5.56 Å². The lowest BCUT2D eigenvalue weighted by atomic mass is 10.2. The molecule has 152 valence electrons. The Morgan fingerprint density at radius 1 is 1.10 bits per heavy atom. The van der Waals surface area contributed by atoms with Crippen LogP contribution in [0.5, 0.6) is 0 Å². The molecule has 0 fully saturated rings. The van der Waals surface area contributed by atoms with Gasteiger partial charge in [0.2, 0.25) is 0 Å². The molecule has 0 saturated heterocycles. The molecule has 0 aliphatic heterocycles. The number of aryl methyl sites for hydroxylation is 2. The first-order chi connectivity index (χ1) is 14.4. The second-order valence-electron chi connectivity index (χ2n) is 6.92. The molecular formula is C22H19ClN4O3. The number of benzene rings is 1. The van der Waals surface area contributed by atoms with Crippen LogP contribution in [0.3, 0.4) is 0 Å². The van der Waals surface area contributed by atoms with Gasteiger partial charge < -0.3 is 4.74 Å². The van der Waals surface area contributed by atoms with Crippen molar-refractivity contribution in [2.45, 2.75) is 27.0 Å². The number of halogens is 1. The van der Waals surface area contributed by atoms with Gasteiger partial charge in [0, 0.05) is 11.8 Å². The average Bonchev–Trinajstić information content (AvgIpc) is 3.00. The number of nitrogens with zero attached hydrogens (tertiary/aromatic N) is 4. The van der Waals surface area contributed by atoms with Crippen LogP contribution in [-0.4, -0.2) is 25.1 Å². The molecular weight excluding hydrogens is 404 g/mol. The molecule has 4 aromatic rings. The summed E-state index contributed by atoms with van der Waals surface area (Å²) in [5.74, 6) is -0.608. The minimum Gasteiger partial charge on any atom is -0.455 e. The van der Waals surface area contributed by atoms with Gasteiger partial charge in [-0.05, 0) is 31.5 Å². The number of carbonyl (C=O) groups excluding carboxylic acids is 1. The Hall–Kier alpha value is -3.45. The molecule has 8 heteroatoms. The Morgan fingerprint density at radius 3 is 2.63 bits per heavy atom. The van der Waals surface area contributed by atoms with Crippen LogP contribution in [0.25, 0.3) is 5.65 Å². The lowest BCUT2D eigenvalue weighted by Gasteiger charge is -2.08. The third kappa shape index (κ3) is 3.84. The molecule has 30 heavy (non-hydrogen) atoms. The number of pyridine rings is 1. The van der Waals surface area contributed by atoms with E-state index in [0.717, 1.165) is 11.3 Å². The van der Waals surface area contributed by atoms with Crippen molar-refractivity contribution in [3.63, 3.8) is 0 Å². The van der Waals surface area contributed by atoms with Gasteiger partial charge in [-0.15, -0.1) is 0 Å². The first-order valence-corrected chi connectivity index (χ1v) is 9.74. The molecule has 0 N–H and O–H groups in total. The van der Waals surface area contributed by atoms with Gasteiger partial charge in [0.15, 0.2) is 0 Å². The highest BCUT2D eigenvalue weighted by Crippen LogP contribution is 2.22. The minimum absolute atomic E-state index is 0.141. The van der Waals surface area contributed by atoms with E-state index in [1.807, 2.05) is 49.4 Å². The average molecular weight is 423 g/mol. The summed E-state index contributed by atoms with van der Waals surface area (Å²) in [5, 5.41) is 4.57. The summed E-state index contributed by atoms with van der Waals surface area (Å²) in [5.41, 5.74) is 3.11. The van der Waals surface area contributed by atoms with Crippen molar-refractivity contribution in [2.24, 2.45) is 0 Å². The summed E-state index contributed by atoms with van der Waals surface area (Å²) < 4.78 is 8.45. The predicted molar refractivity (Wildman–Crippen MR) is 113 cm³/mol. The number of esters is 1. The standard InChI is InChI=1S/C22H19ClN4O3/c1-14-7-6-10-18-24-17(11-19(28)27(14)18)13-30-22(29)20-15(2)25-26(21(20)23)12-16-8-4-3-5-9-16/h3-11H,12-13H2,1-2H3. The highest BCUT2D eigenvalue weighted by atomic mass is 35.5. The van der Waals surface area contributed by atoms with Gasteiger partial charge in [-0.1, -0.05) is 48.0 Å². The molecule has 4 rings (SSSR count).